The van der Waals surface area contributed by atoms with Crippen LogP contribution in [0, 0.1) is 6.92 Å². The highest BCUT2D eigenvalue weighted by Gasteiger charge is 2.26. The maximum atomic E-state index is 12.7. The summed E-state index contributed by atoms with van der Waals surface area (Å²) in [5, 5.41) is 2.98. The molecule has 0 aliphatic carbocycles. The van der Waals surface area contributed by atoms with Gasteiger partial charge in [0.05, 0.1) is 6.42 Å². The first-order chi connectivity index (χ1) is 12.1. The first-order valence-corrected chi connectivity index (χ1v) is 9.51. The monoisotopic (exact) mass is 359 g/mol. The van der Waals surface area contributed by atoms with Crippen LogP contribution in [0.5, 0.6) is 0 Å². The molecule has 1 N–H and O–H groups in total. The molecule has 1 fully saturated rings. The Morgan fingerprint density at radius 3 is 2.19 bits per heavy atom. The van der Waals surface area contributed by atoms with Crippen molar-refractivity contribution in [3.63, 3.8) is 0 Å². The van der Waals surface area contributed by atoms with Gasteiger partial charge < -0.3 is 15.1 Å². The van der Waals surface area contributed by atoms with Gasteiger partial charge >= 0.3 is 6.03 Å². The quantitative estimate of drug-likeness (QED) is 0.900. The average Bonchev–Trinajstić information content (AvgIpc) is 2.55. The standard InChI is InChI=1S/C21H33N3O2/c1-15(2)17-8-7-16(3)18(13-17)14-19(25)23-9-11-24(12-10-23)20(26)22-21(4,5)6/h7-8,13,15H,9-12,14H2,1-6H3,(H,22,26). The molecule has 3 amide bonds. The van der Waals surface area contributed by atoms with Crippen molar-refractivity contribution in [3.8, 4) is 0 Å². The Morgan fingerprint density at radius 1 is 1.08 bits per heavy atom. The fourth-order valence-electron chi connectivity index (χ4n) is 3.07. The lowest BCUT2D eigenvalue weighted by atomic mass is 9.96. The molecule has 0 spiro atoms. The van der Waals surface area contributed by atoms with Crippen LogP contribution in [-0.2, 0) is 11.2 Å². The second kappa shape index (κ2) is 8.11. The third kappa shape index (κ3) is 5.48. The number of carbonyl (C=O) groups is 2. The smallest absolute Gasteiger partial charge is 0.317 e. The highest BCUT2D eigenvalue weighted by atomic mass is 16.2. The number of nitrogens with zero attached hydrogens (tertiary/aromatic N) is 2. The fraction of sp³-hybridized carbons (Fsp3) is 0.619. The summed E-state index contributed by atoms with van der Waals surface area (Å²) in [6, 6.07) is 6.35. The molecule has 144 valence electrons. The van der Waals surface area contributed by atoms with Crippen molar-refractivity contribution in [1.82, 2.24) is 15.1 Å². The summed E-state index contributed by atoms with van der Waals surface area (Å²) in [6.07, 6.45) is 0.431. The van der Waals surface area contributed by atoms with Gasteiger partial charge in [-0.05, 0) is 50.3 Å². The van der Waals surface area contributed by atoms with Crippen LogP contribution in [0.1, 0.15) is 57.2 Å². The summed E-state index contributed by atoms with van der Waals surface area (Å²) in [7, 11) is 0. The van der Waals surface area contributed by atoms with E-state index in [4.69, 9.17) is 0 Å². The predicted molar refractivity (Wildman–Crippen MR) is 105 cm³/mol. The van der Waals surface area contributed by atoms with Crippen molar-refractivity contribution in [2.75, 3.05) is 26.2 Å². The number of hydrogen-bond donors (Lipinski definition) is 1. The van der Waals surface area contributed by atoms with Gasteiger partial charge in [0.25, 0.3) is 0 Å². The lowest BCUT2D eigenvalue weighted by Crippen LogP contribution is -2.56. The van der Waals surface area contributed by atoms with Crippen molar-refractivity contribution in [1.29, 1.82) is 0 Å². The van der Waals surface area contributed by atoms with Crippen molar-refractivity contribution < 1.29 is 9.59 Å². The van der Waals surface area contributed by atoms with Gasteiger partial charge in [0, 0.05) is 31.7 Å². The minimum atomic E-state index is -0.247. The zero-order valence-corrected chi connectivity index (χ0v) is 17.1. The van der Waals surface area contributed by atoms with Gasteiger partial charge in [0.1, 0.15) is 0 Å². The molecule has 0 bridgehead atoms. The Hall–Kier alpha value is -2.04. The molecule has 5 nitrogen and oxygen atoms in total. The fourth-order valence-corrected chi connectivity index (χ4v) is 3.07. The van der Waals surface area contributed by atoms with E-state index in [0.717, 1.165) is 11.1 Å². The van der Waals surface area contributed by atoms with Crippen LogP contribution in [0.3, 0.4) is 0 Å². The van der Waals surface area contributed by atoms with E-state index in [1.807, 2.05) is 25.7 Å². The van der Waals surface area contributed by atoms with Gasteiger partial charge in [-0.3, -0.25) is 4.79 Å². The van der Waals surface area contributed by atoms with E-state index in [9.17, 15) is 9.59 Å². The molecular weight excluding hydrogens is 326 g/mol. The van der Waals surface area contributed by atoms with Crippen LogP contribution < -0.4 is 5.32 Å². The normalized spacial score (nSPS) is 15.3. The second-order valence-corrected chi connectivity index (χ2v) is 8.57. The van der Waals surface area contributed by atoms with Crippen LogP contribution in [0.2, 0.25) is 0 Å². The van der Waals surface area contributed by atoms with Crippen molar-refractivity contribution in [3.05, 3.63) is 34.9 Å². The number of amides is 3. The van der Waals surface area contributed by atoms with Gasteiger partial charge in [-0.25, -0.2) is 4.79 Å². The SMILES string of the molecule is Cc1ccc(C(C)C)cc1CC(=O)N1CCN(C(=O)NC(C)(C)C)CC1. The summed E-state index contributed by atoms with van der Waals surface area (Å²) in [4.78, 5) is 28.6. The van der Waals surface area contributed by atoms with E-state index in [1.54, 1.807) is 4.90 Å². The Kier molecular flexibility index (Phi) is 6.32. The van der Waals surface area contributed by atoms with Crippen LogP contribution in [-0.4, -0.2) is 53.5 Å². The first-order valence-electron chi connectivity index (χ1n) is 9.51. The summed E-state index contributed by atoms with van der Waals surface area (Å²) >= 11 is 0. The Balaban J connectivity index is 1.93. The number of hydrogen-bond acceptors (Lipinski definition) is 2. The van der Waals surface area contributed by atoms with E-state index in [0.29, 0.717) is 38.5 Å². The zero-order chi connectivity index (χ0) is 19.5. The maximum Gasteiger partial charge on any atom is 0.317 e. The molecule has 0 atom stereocenters. The topological polar surface area (TPSA) is 52.7 Å². The lowest BCUT2D eigenvalue weighted by Gasteiger charge is -2.36. The van der Waals surface area contributed by atoms with Gasteiger partial charge in [0.15, 0.2) is 0 Å². The molecule has 0 saturated carbocycles. The Labute approximate surface area is 157 Å². The molecule has 5 heteroatoms. The van der Waals surface area contributed by atoms with E-state index in [-0.39, 0.29) is 17.5 Å². The van der Waals surface area contributed by atoms with Crippen LogP contribution >= 0.6 is 0 Å². The molecule has 1 aliphatic rings. The van der Waals surface area contributed by atoms with Crippen LogP contribution in [0.15, 0.2) is 18.2 Å². The van der Waals surface area contributed by atoms with Gasteiger partial charge in [0.2, 0.25) is 5.91 Å². The Morgan fingerprint density at radius 2 is 1.65 bits per heavy atom. The third-order valence-corrected chi connectivity index (χ3v) is 4.78. The highest BCUT2D eigenvalue weighted by molar-refractivity contribution is 5.80. The van der Waals surface area contributed by atoms with E-state index in [1.165, 1.54) is 5.56 Å². The zero-order valence-electron chi connectivity index (χ0n) is 17.1. The molecular formula is C21H33N3O2. The minimum absolute atomic E-state index is 0.0509. The number of nitrogens with one attached hydrogen (secondary N) is 1. The molecule has 0 aromatic heterocycles. The van der Waals surface area contributed by atoms with Gasteiger partial charge in [-0.1, -0.05) is 32.0 Å². The van der Waals surface area contributed by atoms with Crippen LogP contribution in [0.4, 0.5) is 4.79 Å². The van der Waals surface area contributed by atoms with Crippen molar-refractivity contribution in [2.45, 2.75) is 59.4 Å². The molecule has 1 aromatic carbocycles. The number of aryl methyl sites for hydroxylation is 1. The summed E-state index contributed by atoms with van der Waals surface area (Å²) in [5.74, 6) is 0.596. The molecule has 26 heavy (non-hydrogen) atoms. The number of carbonyl (C=O) groups excluding carboxylic acids is 2. The number of benzene rings is 1. The first kappa shape index (κ1) is 20.3. The summed E-state index contributed by atoms with van der Waals surface area (Å²) in [5.41, 5.74) is 3.28. The molecule has 1 aliphatic heterocycles. The molecule has 1 saturated heterocycles. The molecule has 0 radical (unpaired) electrons. The number of urea groups is 1. The third-order valence-electron chi connectivity index (χ3n) is 4.78. The van der Waals surface area contributed by atoms with E-state index in [2.05, 4.69) is 44.3 Å². The summed E-state index contributed by atoms with van der Waals surface area (Å²) < 4.78 is 0. The maximum absolute atomic E-state index is 12.7. The molecule has 1 aromatic rings. The second-order valence-electron chi connectivity index (χ2n) is 8.57. The number of rotatable bonds is 3. The molecule has 2 rings (SSSR count). The largest absolute Gasteiger partial charge is 0.339 e. The highest BCUT2D eigenvalue weighted by Crippen LogP contribution is 2.20. The van der Waals surface area contributed by atoms with Crippen molar-refractivity contribution in [2.24, 2.45) is 0 Å². The predicted octanol–water partition coefficient (Wildman–Crippen LogP) is 3.31. The van der Waals surface area contributed by atoms with Crippen LogP contribution in [0.25, 0.3) is 0 Å². The molecule has 0 unspecified atom stereocenters. The number of piperazine rings is 1. The minimum Gasteiger partial charge on any atom is -0.339 e. The summed E-state index contributed by atoms with van der Waals surface area (Å²) in [6.45, 7) is 14.7. The van der Waals surface area contributed by atoms with E-state index >= 15 is 0 Å². The van der Waals surface area contributed by atoms with Gasteiger partial charge in [-0.15, -0.1) is 0 Å². The average molecular weight is 360 g/mol. The van der Waals surface area contributed by atoms with E-state index < -0.39 is 0 Å². The Bertz CT molecular complexity index is 654. The molecule has 1 heterocycles. The van der Waals surface area contributed by atoms with Gasteiger partial charge in [-0.2, -0.15) is 0 Å². The lowest BCUT2D eigenvalue weighted by molar-refractivity contribution is -0.131. The van der Waals surface area contributed by atoms with Crippen molar-refractivity contribution >= 4 is 11.9 Å².